The predicted molar refractivity (Wildman–Crippen MR) is 75.3 cm³/mol. The van der Waals surface area contributed by atoms with Crippen LogP contribution in [0.4, 0.5) is 14.7 Å². The highest BCUT2D eigenvalue weighted by atomic mass is 19.1. The van der Waals surface area contributed by atoms with Gasteiger partial charge in [0.05, 0.1) is 5.52 Å². The second kappa shape index (κ2) is 4.43. The molecule has 1 saturated carbocycles. The maximum atomic E-state index is 13.8. The summed E-state index contributed by atoms with van der Waals surface area (Å²) in [5.74, 6) is -0.969. The Morgan fingerprint density at radius 1 is 1.25 bits per heavy atom. The lowest BCUT2D eigenvalue weighted by molar-refractivity contribution is 0.197. The maximum absolute atomic E-state index is 13.8. The highest BCUT2D eigenvalue weighted by Crippen LogP contribution is 2.42. The summed E-state index contributed by atoms with van der Waals surface area (Å²) in [5.41, 5.74) is 6.89. The van der Waals surface area contributed by atoms with E-state index in [2.05, 4.69) is 18.8 Å². The average molecular weight is 279 g/mol. The van der Waals surface area contributed by atoms with Gasteiger partial charge in [0.1, 0.15) is 11.3 Å². The number of nitrogens with zero attached hydrogens (tertiary/aromatic N) is 2. The molecule has 0 bridgehead atoms. The Morgan fingerprint density at radius 3 is 2.55 bits per heavy atom. The van der Waals surface area contributed by atoms with Crippen molar-refractivity contribution in [2.45, 2.75) is 45.6 Å². The van der Waals surface area contributed by atoms with Gasteiger partial charge in [0.15, 0.2) is 5.82 Å². The number of nitrogen functional groups attached to an aromatic ring is 1. The normalized spacial score (nSPS) is 19.6. The Bertz CT molecular complexity index is 651. The van der Waals surface area contributed by atoms with Crippen molar-refractivity contribution in [1.29, 1.82) is 0 Å². The van der Waals surface area contributed by atoms with Gasteiger partial charge in [-0.05, 0) is 31.1 Å². The van der Waals surface area contributed by atoms with Crippen LogP contribution in [-0.4, -0.2) is 9.55 Å². The zero-order valence-electron chi connectivity index (χ0n) is 11.8. The van der Waals surface area contributed by atoms with Crippen molar-refractivity contribution < 1.29 is 8.78 Å². The minimum atomic E-state index is -0.651. The molecule has 108 valence electrons. The Morgan fingerprint density at radius 2 is 1.90 bits per heavy atom. The standard InChI is InChI=1S/C15H19F2N3/c1-15(2)5-3-10(4-6-15)20-12-8-9(16)7-11(17)13(12)19-14(20)18/h7-8,10H,3-6H2,1-2H3,(H2,18,19). The monoisotopic (exact) mass is 279 g/mol. The molecule has 0 aliphatic heterocycles. The molecular weight excluding hydrogens is 260 g/mol. The first-order chi connectivity index (χ1) is 9.37. The lowest BCUT2D eigenvalue weighted by atomic mass is 9.75. The van der Waals surface area contributed by atoms with Gasteiger partial charge in [-0.15, -0.1) is 0 Å². The zero-order valence-corrected chi connectivity index (χ0v) is 11.8. The zero-order chi connectivity index (χ0) is 14.5. The summed E-state index contributed by atoms with van der Waals surface area (Å²) in [7, 11) is 0. The lowest BCUT2D eigenvalue weighted by Crippen LogP contribution is -2.24. The maximum Gasteiger partial charge on any atom is 0.201 e. The first-order valence-electron chi connectivity index (χ1n) is 7.00. The first kappa shape index (κ1) is 13.3. The third-order valence-electron chi connectivity index (χ3n) is 4.41. The highest BCUT2D eigenvalue weighted by Gasteiger charge is 2.29. The van der Waals surface area contributed by atoms with Crippen LogP contribution in [0.3, 0.4) is 0 Å². The number of hydrogen-bond acceptors (Lipinski definition) is 2. The third-order valence-corrected chi connectivity index (χ3v) is 4.41. The van der Waals surface area contributed by atoms with Crippen LogP contribution < -0.4 is 5.73 Å². The van der Waals surface area contributed by atoms with E-state index in [1.165, 1.54) is 6.07 Å². The van der Waals surface area contributed by atoms with Gasteiger partial charge in [-0.25, -0.2) is 13.8 Å². The smallest absolute Gasteiger partial charge is 0.201 e. The molecule has 20 heavy (non-hydrogen) atoms. The van der Waals surface area contributed by atoms with Crippen molar-refractivity contribution in [3.8, 4) is 0 Å². The largest absolute Gasteiger partial charge is 0.369 e. The number of benzene rings is 1. The van der Waals surface area contributed by atoms with Crippen LogP contribution in [0, 0.1) is 17.0 Å². The number of fused-ring (bicyclic) bond motifs is 1. The second-order valence-electron chi connectivity index (χ2n) is 6.49. The molecule has 0 spiro atoms. The fraction of sp³-hybridized carbons (Fsp3) is 0.533. The van der Waals surface area contributed by atoms with Crippen LogP contribution >= 0.6 is 0 Å². The van der Waals surface area contributed by atoms with E-state index in [1.807, 2.05) is 0 Å². The van der Waals surface area contributed by atoms with Crippen LogP contribution in [0.25, 0.3) is 11.0 Å². The van der Waals surface area contributed by atoms with Crippen LogP contribution in [0.1, 0.15) is 45.6 Å². The predicted octanol–water partition coefficient (Wildman–Crippen LogP) is 4.04. The molecule has 1 fully saturated rings. The van der Waals surface area contributed by atoms with Gasteiger partial charge in [-0.3, -0.25) is 0 Å². The molecular formula is C15H19F2N3. The third kappa shape index (κ3) is 2.15. The number of nitrogens with two attached hydrogens (primary N) is 1. The molecule has 5 heteroatoms. The Kier molecular flexibility index (Phi) is 2.96. The Hall–Kier alpha value is -1.65. The van der Waals surface area contributed by atoms with Gasteiger partial charge in [0, 0.05) is 18.2 Å². The number of imidazole rings is 1. The topological polar surface area (TPSA) is 43.8 Å². The number of aromatic nitrogens is 2. The Labute approximate surface area is 116 Å². The van der Waals surface area contributed by atoms with Gasteiger partial charge in [0.2, 0.25) is 5.95 Å². The number of hydrogen-bond donors (Lipinski definition) is 1. The van der Waals surface area contributed by atoms with Crippen LogP contribution in [0.2, 0.25) is 0 Å². The van der Waals surface area contributed by atoms with Crippen LogP contribution in [0.5, 0.6) is 0 Å². The van der Waals surface area contributed by atoms with E-state index in [0.29, 0.717) is 10.9 Å². The minimum absolute atomic E-state index is 0.161. The van der Waals surface area contributed by atoms with Gasteiger partial charge in [0.25, 0.3) is 0 Å². The summed E-state index contributed by atoms with van der Waals surface area (Å²) in [6.07, 6.45) is 4.07. The number of anilines is 1. The van der Waals surface area contributed by atoms with E-state index < -0.39 is 11.6 Å². The SMILES string of the molecule is CC1(C)CCC(n2c(N)nc3c(F)cc(F)cc32)CC1. The fourth-order valence-corrected chi connectivity index (χ4v) is 3.16. The average Bonchev–Trinajstić information content (AvgIpc) is 2.67. The quantitative estimate of drug-likeness (QED) is 0.856. The van der Waals surface area contributed by atoms with E-state index >= 15 is 0 Å². The molecule has 1 heterocycles. The molecule has 0 unspecified atom stereocenters. The van der Waals surface area contributed by atoms with Crippen molar-refractivity contribution in [3.05, 3.63) is 23.8 Å². The summed E-state index contributed by atoms with van der Waals surface area (Å²) >= 11 is 0. The van der Waals surface area contributed by atoms with E-state index in [-0.39, 0.29) is 17.5 Å². The first-order valence-corrected chi connectivity index (χ1v) is 7.00. The van der Waals surface area contributed by atoms with Crippen LogP contribution in [0.15, 0.2) is 12.1 Å². The van der Waals surface area contributed by atoms with Crippen molar-refractivity contribution >= 4 is 17.0 Å². The van der Waals surface area contributed by atoms with E-state index in [1.54, 1.807) is 4.57 Å². The molecule has 1 aliphatic carbocycles. The van der Waals surface area contributed by atoms with Gasteiger partial charge in [-0.2, -0.15) is 0 Å². The van der Waals surface area contributed by atoms with Gasteiger partial charge in [-0.1, -0.05) is 13.8 Å². The summed E-state index contributed by atoms with van der Waals surface area (Å²) in [4.78, 5) is 4.06. The molecule has 0 atom stereocenters. The summed E-state index contributed by atoms with van der Waals surface area (Å²) in [6.45, 7) is 4.50. The Balaban J connectivity index is 2.06. The van der Waals surface area contributed by atoms with Crippen molar-refractivity contribution in [2.24, 2.45) is 5.41 Å². The molecule has 0 saturated heterocycles. The summed E-state index contributed by atoms with van der Waals surface area (Å²) in [5, 5.41) is 0. The molecule has 2 aromatic rings. The van der Waals surface area contributed by atoms with E-state index in [0.717, 1.165) is 31.7 Å². The van der Waals surface area contributed by atoms with Crippen molar-refractivity contribution in [1.82, 2.24) is 9.55 Å². The summed E-state index contributed by atoms with van der Waals surface area (Å²) in [6, 6.07) is 2.35. The van der Waals surface area contributed by atoms with Crippen molar-refractivity contribution in [3.63, 3.8) is 0 Å². The summed E-state index contributed by atoms with van der Waals surface area (Å²) < 4.78 is 29.0. The van der Waals surface area contributed by atoms with E-state index in [4.69, 9.17) is 5.73 Å². The molecule has 3 nitrogen and oxygen atoms in total. The molecule has 0 radical (unpaired) electrons. The molecule has 1 aromatic heterocycles. The second-order valence-corrected chi connectivity index (χ2v) is 6.49. The van der Waals surface area contributed by atoms with Gasteiger partial charge < -0.3 is 10.3 Å². The fourth-order valence-electron chi connectivity index (χ4n) is 3.16. The molecule has 3 rings (SSSR count). The van der Waals surface area contributed by atoms with E-state index in [9.17, 15) is 8.78 Å². The van der Waals surface area contributed by atoms with Gasteiger partial charge >= 0.3 is 0 Å². The molecule has 1 aromatic carbocycles. The molecule has 1 aliphatic rings. The molecule has 0 amide bonds. The van der Waals surface area contributed by atoms with Crippen LogP contribution in [-0.2, 0) is 0 Å². The molecule has 2 N–H and O–H groups in total. The minimum Gasteiger partial charge on any atom is -0.369 e. The highest BCUT2D eigenvalue weighted by molar-refractivity contribution is 5.79. The number of halogens is 2. The van der Waals surface area contributed by atoms with Crippen molar-refractivity contribution in [2.75, 3.05) is 5.73 Å². The lowest BCUT2D eigenvalue weighted by Gasteiger charge is -2.35. The number of rotatable bonds is 1.